The summed E-state index contributed by atoms with van der Waals surface area (Å²) in [7, 11) is 0. The van der Waals surface area contributed by atoms with E-state index in [-0.39, 0.29) is 40.3 Å². The van der Waals surface area contributed by atoms with Crippen LogP contribution in [0.25, 0.3) is 0 Å². The SMILES string of the molecule is CC(C)OCCN(CCOC(C)(C)COC(C)C)CC(OC(C)(C)CCOC(C)(C)N)C(C)(C)CCC(C)(C)C. The molecule has 0 amide bonds. The molecule has 0 radical (unpaired) electrons. The van der Waals surface area contributed by atoms with Crippen LogP contribution in [0.2, 0.25) is 0 Å². The lowest BCUT2D eigenvalue weighted by atomic mass is 9.76. The molecule has 0 heterocycles. The van der Waals surface area contributed by atoms with E-state index in [0.29, 0.717) is 26.4 Å². The van der Waals surface area contributed by atoms with Crippen molar-refractivity contribution in [2.24, 2.45) is 16.6 Å². The normalized spacial score (nSPS) is 15.1. The van der Waals surface area contributed by atoms with E-state index in [0.717, 1.165) is 38.9 Å². The highest BCUT2D eigenvalue weighted by molar-refractivity contribution is 4.87. The van der Waals surface area contributed by atoms with E-state index in [1.54, 1.807) is 0 Å². The van der Waals surface area contributed by atoms with Gasteiger partial charge in [-0.15, -0.1) is 0 Å². The average Bonchev–Trinajstić information content (AvgIpc) is 2.74. The third-order valence-electron chi connectivity index (χ3n) is 6.98. The van der Waals surface area contributed by atoms with E-state index in [9.17, 15) is 0 Å². The molecule has 0 aromatic rings. The zero-order valence-corrected chi connectivity index (χ0v) is 29.4. The largest absolute Gasteiger partial charge is 0.377 e. The summed E-state index contributed by atoms with van der Waals surface area (Å²) in [4.78, 5) is 2.45. The van der Waals surface area contributed by atoms with Gasteiger partial charge in [0.05, 0.1) is 55.9 Å². The van der Waals surface area contributed by atoms with Crippen LogP contribution in [0, 0.1) is 10.8 Å². The number of nitrogens with zero attached hydrogens (tertiary/aromatic N) is 1. The summed E-state index contributed by atoms with van der Waals surface area (Å²) < 4.78 is 30.9. The van der Waals surface area contributed by atoms with Gasteiger partial charge in [0.1, 0.15) is 5.72 Å². The lowest BCUT2D eigenvalue weighted by molar-refractivity contribution is -0.148. The van der Waals surface area contributed by atoms with Gasteiger partial charge in [-0.25, -0.2) is 0 Å². The molecule has 7 nitrogen and oxygen atoms in total. The Morgan fingerprint density at radius 1 is 0.625 bits per heavy atom. The molecule has 0 aromatic carbocycles. The predicted molar refractivity (Wildman–Crippen MR) is 169 cm³/mol. The Morgan fingerprint density at radius 2 is 1.18 bits per heavy atom. The predicted octanol–water partition coefficient (Wildman–Crippen LogP) is 7.05. The maximum absolute atomic E-state index is 6.99. The Labute approximate surface area is 249 Å². The van der Waals surface area contributed by atoms with Crippen LogP contribution >= 0.6 is 0 Å². The van der Waals surface area contributed by atoms with Crippen LogP contribution in [0.15, 0.2) is 0 Å². The number of ether oxygens (including phenoxy) is 5. The monoisotopic (exact) mass is 575 g/mol. The molecule has 2 N–H and O–H groups in total. The Bertz CT molecular complexity index is 663. The molecule has 1 unspecified atom stereocenters. The van der Waals surface area contributed by atoms with Gasteiger partial charge < -0.3 is 29.4 Å². The van der Waals surface area contributed by atoms with E-state index in [4.69, 9.17) is 29.4 Å². The van der Waals surface area contributed by atoms with Crippen LogP contribution in [0.3, 0.4) is 0 Å². The quantitative estimate of drug-likeness (QED) is 0.139. The molecule has 40 heavy (non-hydrogen) atoms. The fourth-order valence-corrected chi connectivity index (χ4v) is 4.11. The lowest BCUT2D eigenvalue weighted by Crippen LogP contribution is -2.49. The minimum atomic E-state index is -0.650. The molecular weight excluding hydrogens is 504 g/mol. The molecule has 0 aliphatic rings. The second-order valence-electron chi connectivity index (χ2n) is 15.8. The van der Waals surface area contributed by atoms with Gasteiger partial charge in [0.2, 0.25) is 0 Å². The number of nitrogens with two attached hydrogens (primary N) is 1. The number of hydrogen-bond donors (Lipinski definition) is 1. The van der Waals surface area contributed by atoms with E-state index in [1.165, 1.54) is 0 Å². The zero-order chi connectivity index (χ0) is 31.4. The molecule has 0 saturated heterocycles. The summed E-state index contributed by atoms with van der Waals surface area (Å²) in [6.45, 7) is 37.0. The van der Waals surface area contributed by atoms with E-state index in [2.05, 4.69) is 94.9 Å². The van der Waals surface area contributed by atoms with Gasteiger partial charge in [-0.05, 0) is 99.3 Å². The Balaban J connectivity index is 5.73. The molecule has 0 bridgehead atoms. The Hall–Kier alpha value is -0.280. The highest BCUT2D eigenvalue weighted by atomic mass is 16.5. The first kappa shape index (κ1) is 39.7. The maximum Gasteiger partial charge on any atom is 0.111 e. The summed E-state index contributed by atoms with van der Waals surface area (Å²) in [5, 5.41) is 0. The lowest BCUT2D eigenvalue weighted by Gasteiger charge is -2.43. The third-order valence-corrected chi connectivity index (χ3v) is 6.98. The zero-order valence-electron chi connectivity index (χ0n) is 29.4. The van der Waals surface area contributed by atoms with Crippen molar-refractivity contribution in [2.75, 3.05) is 46.1 Å². The van der Waals surface area contributed by atoms with Crippen molar-refractivity contribution in [3.63, 3.8) is 0 Å². The smallest absolute Gasteiger partial charge is 0.111 e. The maximum atomic E-state index is 6.99. The standard InChI is InChI=1S/C33H70N2O5/c1-26(2)36-22-19-35(20-23-38-32(12,13)25-37-27(3)4)24-28(30(8,9)17-16-29(5,6)7)40-31(10,11)18-21-39-33(14,15)34/h26-28H,16-25,34H2,1-15H3. The average molecular weight is 575 g/mol. The van der Waals surface area contributed by atoms with Gasteiger partial charge >= 0.3 is 0 Å². The highest BCUT2D eigenvalue weighted by Gasteiger charge is 2.37. The molecule has 0 fully saturated rings. The summed E-state index contributed by atoms with van der Waals surface area (Å²) in [5.41, 5.74) is 4.94. The minimum Gasteiger partial charge on any atom is -0.377 e. The molecule has 0 saturated carbocycles. The molecule has 0 aliphatic heterocycles. The molecule has 0 aromatic heterocycles. The van der Waals surface area contributed by atoms with Gasteiger partial charge in [-0.1, -0.05) is 34.6 Å². The second-order valence-corrected chi connectivity index (χ2v) is 15.8. The Kier molecular flexibility index (Phi) is 17.0. The van der Waals surface area contributed by atoms with Gasteiger partial charge in [-0.2, -0.15) is 0 Å². The second kappa shape index (κ2) is 17.1. The fraction of sp³-hybridized carbons (Fsp3) is 1.00. The fourth-order valence-electron chi connectivity index (χ4n) is 4.11. The highest BCUT2D eigenvalue weighted by Crippen LogP contribution is 2.37. The van der Waals surface area contributed by atoms with Crippen molar-refractivity contribution in [2.45, 2.75) is 158 Å². The molecule has 0 spiro atoms. The van der Waals surface area contributed by atoms with E-state index in [1.807, 2.05) is 13.8 Å². The summed E-state index contributed by atoms with van der Waals surface area (Å²) in [6.07, 6.45) is 3.39. The van der Waals surface area contributed by atoms with Crippen molar-refractivity contribution in [3.8, 4) is 0 Å². The van der Waals surface area contributed by atoms with Crippen LogP contribution in [0.1, 0.15) is 123 Å². The van der Waals surface area contributed by atoms with Crippen LogP contribution < -0.4 is 5.73 Å². The van der Waals surface area contributed by atoms with Gasteiger partial charge in [-0.3, -0.25) is 4.90 Å². The van der Waals surface area contributed by atoms with Gasteiger partial charge in [0, 0.05) is 19.6 Å². The van der Waals surface area contributed by atoms with Crippen molar-refractivity contribution >= 4 is 0 Å². The molecule has 0 rings (SSSR count). The summed E-state index contributed by atoms with van der Waals surface area (Å²) in [6, 6.07) is 0. The molecule has 7 heteroatoms. The summed E-state index contributed by atoms with van der Waals surface area (Å²) >= 11 is 0. The first-order valence-electron chi connectivity index (χ1n) is 15.6. The van der Waals surface area contributed by atoms with Crippen LogP contribution in [-0.4, -0.2) is 86.2 Å². The van der Waals surface area contributed by atoms with Gasteiger partial charge in [0.25, 0.3) is 0 Å². The van der Waals surface area contributed by atoms with E-state index >= 15 is 0 Å². The van der Waals surface area contributed by atoms with Gasteiger partial charge in [0.15, 0.2) is 0 Å². The van der Waals surface area contributed by atoms with Crippen molar-refractivity contribution < 1.29 is 23.7 Å². The van der Waals surface area contributed by atoms with Crippen molar-refractivity contribution in [3.05, 3.63) is 0 Å². The first-order valence-corrected chi connectivity index (χ1v) is 15.6. The molecule has 1 atom stereocenters. The molecular formula is C33H70N2O5. The first-order chi connectivity index (χ1) is 17.9. The minimum absolute atomic E-state index is 0.0204. The number of hydrogen-bond acceptors (Lipinski definition) is 7. The van der Waals surface area contributed by atoms with Crippen LogP contribution in [0.4, 0.5) is 0 Å². The van der Waals surface area contributed by atoms with E-state index < -0.39 is 5.72 Å². The Morgan fingerprint density at radius 3 is 1.68 bits per heavy atom. The number of rotatable bonds is 22. The van der Waals surface area contributed by atoms with Crippen molar-refractivity contribution in [1.82, 2.24) is 4.90 Å². The molecule has 242 valence electrons. The van der Waals surface area contributed by atoms with Crippen LogP contribution in [0.5, 0.6) is 0 Å². The topological polar surface area (TPSA) is 75.4 Å². The molecule has 0 aliphatic carbocycles. The van der Waals surface area contributed by atoms with Crippen LogP contribution in [-0.2, 0) is 23.7 Å². The van der Waals surface area contributed by atoms with Crippen molar-refractivity contribution in [1.29, 1.82) is 0 Å². The third kappa shape index (κ3) is 21.4. The summed E-state index contributed by atoms with van der Waals surface area (Å²) in [5.74, 6) is 0.